The number of halogens is 1. The van der Waals surface area contributed by atoms with E-state index >= 15 is 0 Å². The molecule has 16 heavy (non-hydrogen) atoms. The maximum Gasteiger partial charge on any atom is 0.222 e. The van der Waals surface area contributed by atoms with Crippen molar-refractivity contribution in [1.82, 2.24) is 4.90 Å². The third kappa shape index (κ3) is 3.76. The minimum Gasteiger partial charge on any atom is -0.342 e. The Bertz CT molecular complexity index is 247. The number of likely N-dealkylation sites (tertiary alicyclic amines) is 1. The van der Waals surface area contributed by atoms with Gasteiger partial charge in [-0.15, -0.1) is 0 Å². The summed E-state index contributed by atoms with van der Waals surface area (Å²) in [6.07, 6.45) is 1.85. The SMILES string of the molecule is CC(CC(=O)N1CCC(CBr)C1)C(C)(C)C. The second-order valence-electron chi connectivity index (χ2n) is 6.12. The van der Waals surface area contributed by atoms with Crippen molar-refractivity contribution < 1.29 is 4.79 Å². The van der Waals surface area contributed by atoms with Gasteiger partial charge in [-0.2, -0.15) is 0 Å². The number of hydrogen-bond donors (Lipinski definition) is 0. The van der Waals surface area contributed by atoms with Crippen molar-refractivity contribution in [3.8, 4) is 0 Å². The van der Waals surface area contributed by atoms with Gasteiger partial charge in [0.15, 0.2) is 0 Å². The maximum atomic E-state index is 12.1. The van der Waals surface area contributed by atoms with E-state index in [-0.39, 0.29) is 5.41 Å². The van der Waals surface area contributed by atoms with Gasteiger partial charge in [-0.1, -0.05) is 43.6 Å². The summed E-state index contributed by atoms with van der Waals surface area (Å²) in [5, 5.41) is 1.02. The molecule has 3 heteroatoms. The van der Waals surface area contributed by atoms with Crippen LogP contribution in [0.15, 0.2) is 0 Å². The number of rotatable bonds is 3. The Morgan fingerprint density at radius 3 is 2.56 bits per heavy atom. The number of nitrogens with zero attached hydrogens (tertiary/aromatic N) is 1. The van der Waals surface area contributed by atoms with E-state index in [2.05, 4.69) is 43.6 Å². The topological polar surface area (TPSA) is 20.3 Å². The monoisotopic (exact) mass is 289 g/mol. The number of carbonyl (C=O) groups excluding carboxylic acids is 1. The lowest BCUT2D eigenvalue weighted by molar-refractivity contribution is -0.131. The van der Waals surface area contributed by atoms with E-state index in [1.54, 1.807) is 0 Å². The van der Waals surface area contributed by atoms with E-state index in [0.29, 0.717) is 24.2 Å². The molecule has 0 spiro atoms. The Balaban J connectivity index is 2.42. The first-order chi connectivity index (χ1) is 7.34. The van der Waals surface area contributed by atoms with Crippen LogP contribution in [0, 0.1) is 17.3 Å². The summed E-state index contributed by atoms with van der Waals surface area (Å²) >= 11 is 3.50. The first-order valence-corrected chi connectivity index (χ1v) is 7.30. The van der Waals surface area contributed by atoms with Gasteiger partial charge in [-0.25, -0.2) is 0 Å². The Kier molecular flexibility index (Phi) is 4.84. The lowest BCUT2D eigenvalue weighted by Crippen LogP contribution is -2.32. The van der Waals surface area contributed by atoms with Crippen LogP contribution in [0.3, 0.4) is 0 Å². The Labute approximate surface area is 108 Å². The molecule has 94 valence electrons. The van der Waals surface area contributed by atoms with Crippen molar-refractivity contribution in [3.63, 3.8) is 0 Å². The molecule has 1 saturated heterocycles. The van der Waals surface area contributed by atoms with E-state index in [9.17, 15) is 4.79 Å². The highest BCUT2D eigenvalue weighted by atomic mass is 79.9. The van der Waals surface area contributed by atoms with Crippen LogP contribution in [0.1, 0.15) is 40.5 Å². The molecule has 2 atom stereocenters. The Morgan fingerprint density at radius 1 is 1.50 bits per heavy atom. The molecular formula is C13H24BrNO. The summed E-state index contributed by atoms with van der Waals surface area (Å²) in [5.41, 5.74) is 0.226. The minimum atomic E-state index is 0.226. The van der Waals surface area contributed by atoms with Gasteiger partial charge in [0.05, 0.1) is 0 Å². The zero-order valence-corrected chi connectivity index (χ0v) is 12.5. The van der Waals surface area contributed by atoms with Crippen molar-refractivity contribution in [2.24, 2.45) is 17.3 Å². The van der Waals surface area contributed by atoms with Gasteiger partial charge in [0.1, 0.15) is 0 Å². The minimum absolute atomic E-state index is 0.226. The van der Waals surface area contributed by atoms with Crippen LogP contribution in [0.2, 0.25) is 0 Å². The van der Waals surface area contributed by atoms with Crippen LogP contribution in [-0.2, 0) is 4.79 Å². The molecule has 1 aliphatic rings. The maximum absolute atomic E-state index is 12.1. The van der Waals surface area contributed by atoms with E-state index in [1.807, 2.05) is 4.90 Å². The first kappa shape index (κ1) is 14.0. The molecule has 0 aliphatic carbocycles. The normalized spacial score (nSPS) is 23.6. The van der Waals surface area contributed by atoms with E-state index in [4.69, 9.17) is 0 Å². The molecule has 0 bridgehead atoms. The van der Waals surface area contributed by atoms with Gasteiger partial charge >= 0.3 is 0 Å². The van der Waals surface area contributed by atoms with Crippen LogP contribution in [0.5, 0.6) is 0 Å². The molecule has 1 heterocycles. The van der Waals surface area contributed by atoms with E-state index in [1.165, 1.54) is 0 Å². The van der Waals surface area contributed by atoms with E-state index < -0.39 is 0 Å². The third-order valence-electron chi connectivity index (χ3n) is 3.82. The molecule has 0 saturated carbocycles. The smallest absolute Gasteiger partial charge is 0.222 e. The second kappa shape index (κ2) is 5.52. The van der Waals surface area contributed by atoms with Crippen LogP contribution in [0.25, 0.3) is 0 Å². The summed E-state index contributed by atoms with van der Waals surface area (Å²) in [7, 11) is 0. The predicted octanol–water partition coefficient (Wildman–Crippen LogP) is 3.30. The largest absolute Gasteiger partial charge is 0.342 e. The zero-order valence-electron chi connectivity index (χ0n) is 10.9. The molecule has 0 radical (unpaired) electrons. The number of carbonyl (C=O) groups is 1. The number of hydrogen-bond acceptors (Lipinski definition) is 1. The van der Waals surface area contributed by atoms with Gasteiger partial charge in [0.25, 0.3) is 0 Å². The van der Waals surface area contributed by atoms with Crippen molar-refractivity contribution in [1.29, 1.82) is 0 Å². The van der Waals surface area contributed by atoms with Crippen LogP contribution >= 0.6 is 15.9 Å². The molecule has 2 nitrogen and oxygen atoms in total. The molecule has 1 fully saturated rings. The van der Waals surface area contributed by atoms with Gasteiger partial charge < -0.3 is 4.90 Å². The van der Waals surface area contributed by atoms with Crippen LogP contribution < -0.4 is 0 Å². The summed E-state index contributed by atoms with van der Waals surface area (Å²) in [4.78, 5) is 14.1. The van der Waals surface area contributed by atoms with Gasteiger partial charge in [-0.3, -0.25) is 4.79 Å². The fourth-order valence-electron chi connectivity index (χ4n) is 1.88. The van der Waals surface area contributed by atoms with Crippen LogP contribution in [0.4, 0.5) is 0 Å². The molecule has 2 unspecified atom stereocenters. The highest BCUT2D eigenvalue weighted by molar-refractivity contribution is 9.09. The molecule has 0 aromatic rings. The molecule has 0 aromatic carbocycles. The molecule has 1 amide bonds. The van der Waals surface area contributed by atoms with E-state index in [0.717, 1.165) is 24.8 Å². The highest BCUT2D eigenvalue weighted by Gasteiger charge is 2.29. The summed E-state index contributed by atoms with van der Waals surface area (Å²) in [6, 6.07) is 0. The van der Waals surface area contributed by atoms with Crippen molar-refractivity contribution >= 4 is 21.8 Å². The van der Waals surface area contributed by atoms with Crippen molar-refractivity contribution in [3.05, 3.63) is 0 Å². The Hall–Kier alpha value is -0.0500. The lowest BCUT2D eigenvalue weighted by atomic mass is 9.80. The van der Waals surface area contributed by atoms with Gasteiger partial charge in [0.2, 0.25) is 5.91 Å². The zero-order chi connectivity index (χ0) is 12.3. The average Bonchev–Trinajstić information content (AvgIpc) is 2.64. The Morgan fingerprint density at radius 2 is 2.12 bits per heavy atom. The lowest BCUT2D eigenvalue weighted by Gasteiger charge is -2.28. The summed E-state index contributed by atoms with van der Waals surface area (Å²) in [5.74, 6) is 1.45. The number of alkyl halides is 1. The molecular weight excluding hydrogens is 266 g/mol. The summed E-state index contributed by atoms with van der Waals surface area (Å²) in [6.45, 7) is 10.7. The predicted molar refractivity (Wildman–Crippen MR) is 71.7 cm³/mol. The molecule has 1 aliphatic heterocycles. The van der Waals surface area contributed by atoms with Gasteiger partial charge in [0, 0.05) is 24.8 Å². The fourth-order valence-corrected chi connectivity index (χ4v) is 2.41. The fraction of sp³-hybridized carbons (Fsp3) is 0.923. The standard InChI is InChI=1S/C13H24BrNO/c1-10(13(2,3)4)7-12(16)15-6-5-11(8-14)9-15/h10-11H,5-9H2,1-4H3. The number of amides is 1. The second-order valence-corrected chi connectivity index (χ2v) is 6.77. The molecule has 0 aromatic heterocycles. The quantitative estimate of drug-likeness (QED) is 0.730. The molecule has 1 rings (SSSR count). The molecule has 0 N–H and O–H groups in total. The highest BCUT2D eigenvalue weighted by Crippen LogP contribution is 2.29. The first-order valence-electron chi connectivity index (χ1n) is 6.18. The van der Waals surface area contributed by atoms with Crippen LogP contribution in [-0.4, -0.2) is 29.2 Å². The summed E-state index contributed by atoms with van der Waals surface area (Å²) < 4.78 is 0. The van der Waals surface area contributed by atoms with Crippen molar-refractivity contribution in [2.75, 3.05) is 18.4 Å². The van der Waals surface area contributed by atoms with Crippen molar-refractivity contribution in [2.45, 2.75) is 40.5 Å². The average molecular weight is 290 g/mol. The van der Waals surface area contributed by atoms with Gasteiger partial charge in [-0.05, 0) is 23.7 Å². The third-order valence-corrected chi connectivity index (χ3v) is 4.73.